The van der Waals surface area contributed by atoms with Crippen molar-refractivity contribution in [2.24, 2.45) is 0 Å². The second-order valence-electron chi connectivity index (χ2n) is 5.58. The third-order valence-corrected chi connectivity index (χ3v) is 3.85. The Morgan fingerprint density at radius 1 is 1.11 bits per heavy atom. The number of ketones is 1. The Balaban J connectivity index is 2.17. The number of ether oxygens (including phenoxy) is 2. The summed E-state index contributed by atoms with van der Waals surface area (Å²) in [6, 6.07) is 16.1. The van der Waals surface area contributed by atoms with Crippen molar-refractivity contribution in [1.82, 2.24) is 4.98 Å². The zero-order chi connectivity index (χ0) is 19.2. The van der Waals surface area contributed by atoms with Crippen molar-refractivity contribution in [2.75, 3.05) is 13.9 Å². The van der Waals surface area contributed by atoms with Gasteiger partial charge >= 0.3 is 0 Å². The molecule has 0 bridgehead atoms. The normalized spacial score (nSPS) is 10.4. The van der Waals surface area contributed by atoms with Crippen LogP contribution in [-0.2, 0) is 4.74 Å². The summed E-state index contributed by atoms with van der Waals surface area (Å²) in [5.74, 6) is 0.103. The molecule has 1 heterocycles. The van der Waals surface area contributed by atoms with Crippen molar-refractivity contribution < 1.29 is 19.2 Å². The molecule has 0 aliphatic carbocycles. The van der Waals surface area contributed by atoms with Crippen LogP contribution in [0.25, 0.3) is 11.3 Å². The van der Waals surface area contributed by atoms with Crippen molar-refractivity contribution in [3.8, 4) is 17.0 Å². The smallest absolute Gasteiger partial charge is 0.270 e. The number of non-ortho nitro benzene ring substituents is 1. The fourth-order valence-electron chi connectivity index (χ4n) is 2.62. The number of pyridine rings is 1. The van der Waals surface area contributed by atoms with Crippen LogP contribution >= 0.6 is 0 Å². The van der Waals surface area contributed by atoms with Crippen LogP contribution in [0.3, 0.4) is 0 Å². The fourth-order valence-corrected chi connectivity index (χ4v) is 2.62. The zero-order valence-electron chi connectivity index (χ0n) is 14.5. The van der Waals surface area contributed by atoms with Gasteiger partial charge in [0.05, 0.1) is 4.92 Å². The Hall–Kier alpha value is -3.58. The molecule has 136 valence electrons. The van der Waals surface area contributed by atoms with Crippen LogP contribution < -0.4 is 4.74 Å². The second kappa shape index (κ2) is 8.20. The van der Waals surface area contributed by atoms with E-state index in [1.54, 1.807) is 36.4 Å². The predicted octanol–water partition coefficient (Wildman–Crippen LogP) is 3.87. The number of hydrogen-bond acceptors (Lipinski definition) is 6. The molecule has 0 saturated heterocycles. The molecule has 0 N–H and O–H groups in total. The summed E-state index contributed by atoms with van der Waals surface area (Å²) in [7, 11) is 1.48. The summed E-state index contributed by atoms with van der Waals surface area (Å²) < 4.78 is 10.4. The quantitative estimate of drug-likeness (QED) is 0.273. The largest absolute Gasteiger partial charge is 0.465 e. The minimum absolute atomic E-state index is 0.0183. The van der Waals surface area contributed by atoms with Crippen LogP contribution in [0.2, 0.25) is 0 Å². The van der Waals surface area contributed by atoms with Crippen LogP contribution in [-0.4, -0.2) is 29.6 Å². The van der Waals surface area contributed by atoms with Crippen molar-refractivity contribution in [3.05, 3.63) is 88.1 Å². The van der Waals surface area contributed by atoms with Crippen LogP contribution in [0.5, 0.6) is 5.75 Å². The van der Waals surface area contributed by atoms with E-state index in [-0.39, 0.29) is 18.3 Å². The van der Waals surface area contributed by atoms with Crippen LogP contribution in [0.15, 0.2) is 66.9 Å². The van der Waals surface area contributed by atoms with Gasteiger partial charge < -0.3 is 9.47 Å². The zero-order valence-corrected chi connectivity index (χ0v) is 14.5. The monoisotopic (exact) mass is 364 g/mol. The summed E-state index contributed by atoms with van der Waals surface area (Å²) in [5, 5.41) is 11.2. The van der Waals surface area contributed by atoms with E-state index < -0.39 is 4.92 Å². The number of rotatable bonds is 7. The van der Waals surface area contributed by atoms with E-state index in [1.165, 1.54) is 31.5 Å². The highest BCUT2D eigenvalue weighted by atomic mass is 16.7. The number of nitro benzene ring substituents is 1. The van der Waals surface area contributed by atoms with Gasteiger partial charge in [-0.25, -0.2) is 0 Å². The molecule has 0 atom stereocenters. The molecule has 3 aromatic rings. The van der Waals surface area contributed by atoms with E-state index in [9.17, 15) is 14.9 Å². The van der Waals surface area contributed by atoms with Gasteiger partial charge in [-0.3, -0.25) is 19.9 Å². The molecule has 0 unspecified atom stereocenters. The maximum atomic E-state index is 13.0. The number of hydrogen-bond donors (Lipinski definition) is 0. The fraction of sp³-hybridized carbons (Fsp3) is 0.100. The van der Waals surface area contributed by atoms with E-state index in [2.05, 4.69) is 4.98 Å². The maximum Gasteiger partial charge on any atom is 0.270 e. The number of nitro groups is 1. The molecule has 7 nitrogen and oxygen atoms in total. The van der Waals surface area contributed by atoms with Gasteiger partial charge in [0, 0.05) is 42.1 Å². The van der Waals surface area contributed by atoms with E-state index >= 15 is 0 Å². The highest BCUT2D eigenvalue weighted by Gasteiger charge is 2.21. The molecule has 0 fully saturated rings. The Morgan fingerprint density at radius 3 is 2.59 bits per heavy atom. The Bertz CT molecular complexity index is 973. The number of carbonyl (C=O) groups is 1. The Labute approximate surface area is 155 Å². The summed E-state index contributed by atoms with van der Waals surface area (Å²) in [6.07, 6.45) is 1.53. The van der Waals surface area contributed by atoms with E-state index in [0.29, 0.717) is 28.1 Å². The number of methoxy groups -OCH3 is 1. The lowest BCUT2D eigenvalue weighted by Crippen LogP contribution is -2.07. The van der Waals surface area contributed by atoms with Gasteiger partial charge in [-0.1, -0.05) is 30.3 Å². The predicted molar refractivity (Wildman–Crippen MR) is 98.7 cm³/mol. The van der Waals surface area contributed by atoms with Crippen LogP contribution in [0.4, 0.5) is 5.69 Å². The lowest BCUT2D eigenvalue weighted by molar-refractivity contribution is -0.384. The topological polar surface area (TPSA) is 91.6 Å². The van der Waals surface area contributed by atoms with Gasteiger partial charge in [-0.15, -0.1) is 0 Å². The Kier molecular flexibility index (Phi) is 5.53. The number of benzene rings is 2. The first-order chi connectivity index (χ1) is 13.1. The Morgan fingerprint density at radius 2 is 1.89 bits per heavy atom. The van der Waals surface area contributed by atoms with Gasteiger partial charge in [0.15, 0.2) is 12.6 Å². The minimum atomic E-state index is -0.515. The molecule has 2 aromatic carbocycles. The first-order valence-electron chi connectivity index (χ1n) is 8.07. The summed E-state index contributed by atoms with van der Waals surface area (Å²) in [6.45, 7) is -0.0183. The highest BCUT2D eigenvalue weighted by molar-refractivity contribution is 6.13. The van der Waals surface area contributed by atoms with E-state index in [4.69, 9.17) is 9.47 Å². The second-order valence-corrected chi connectivity index (χ2v) is 5.58. The first-order valence-corrected chi connectivity index (χ1v) is 8.07. The number of carbonyl (C=O) groups excluding carboxylic acids is 1. The molecular formula is C20H16N2O5. The molecule has 0 aliphatic rings. The molecule has 0 aliphatic heterocycles. The van der Waals surface area contributed by atoms with Gasteiger partial charge in [0.1, 0.15) is 11.4 Å². The van der Waals surface area contributed by atoms with Crippen molar-refractivity contribution in [2.45, 2.75) is 0 Å². The van der Waals surface area contributed by atoms with Gasteiger partial charge in [-0.2, -0.15) is 0 Å². The van der Waals surface area contributed by atoms with Crippen LogP contribution in [0.1, 0.15) is 15.9 Å². The standard InChI is InChI=1S/C20H16N2O5/c1-26-13-27-18-8-5-11-21-19(18)17-12-15(22(24)25)9-10-16(17)20(23)14-6-3-2-4-7-14/h2-12H,13H2,1H3. The van der Waals surface area contributed by atoms with Crippen molar-refractivity contribution in [3.63, 3.8) is 0 Å². The van der Waals surface area contributed by atoms with Gasteiger partial charge in [-0.05, 0) is 18.2 Å². The number of aromatic nitrogens is 1. The first kappa shape index (κ1) is 18.2. The van der Waals surface area contributed by atoms with E-state index in [1.807, 2.05) is 6.07 Å². The van der Waals surface area contributed by atoms with Gasteiger partial charge in [0.2, 0.25) is 0 Å². The molecule has 0 saturated carbocycles. The molecular weight excluding hydrogens is 348 g/mol. The SMILES string of the molecule is COCOc1cccnc1-c1cc([N+](=O)[O-])ccc1C(=O)c1ccccc1. The molecule has 0 amide bonds. The molecule has 27 heavy (non-hydrogen) atoms. The summed E-state index contributed by atoms with van der Waals surface area (Å²) in [5.41, 5.74) is 1.29. The lowest BCUT2D eigenvalue weighted by Gasteiger charge is -2.13. The van der Waals surface area contributed by atoms with Crippen molar-refractivity contribution >= 4 is 11.5 Å². The molecule has 3 rings (SSSR count). The lowest BCUT2D eigenvalue weighted by atomic mass is 9.95. The third-order valence-electron chi connectivity index (χ3n) is 3.85. The molecule has 7 heteroatoms. The molecule has 0 spiro atoms. The van der Waals surface area contributed by atoms with Gasteiger partial charge in [0.25, 0.3) is 5.69 Å². The van der Waals surface area contributed by atoms with Crippen molar-refractivity contribution in [1.29, 1.82) is 0 Å². The maximum absolute atomic E-state index is 13.0. The molecule has 0 radical (unpaired) electrons. The highest BCUT2D eigenvalue weighted by Crippen LogP contribution is 2.34. The summed E-state index contributed by atoms with van der Waals surface area (Å²) >= 11 is 0. The number of nitrogens with zero attached hydrogens (tertiary/aromatic N) is 2. The summed E-state index contributed by atoms with van der Waals surface area (Å²) in [4.78, 5) is 28.0. The minimum Gasteiger partial charge on any atom is -0.465 e. The van der Waals surface area contributed by atoms with E-state index in [0.717, 1.165) is 0 Å². The molecule has 1 aromatic heterocycles. The average Bonchev–Trinajstić information content (AvgIpc) is 2.72. The third kappa shape index (κ3) is 3.99. The average molecular weight is 364 g/mol. The van der Waals surface area contributed by atoms with Crippen LogP contribution in [0, 0.1) is 10.1 Å².